The summed E-state index contributed by atoms with van der Waals surface area (Å²) in [7, 11) is 0. The average Bonchev–Trinajstić information content (AvgIpc) is 2.78. The van der Waals surface area contributed by atoms with Crippen LogP contribution in [0.1, 0.15) is 61.3 Å². The van der Waals surface area contributed by atoms with Crippen molar-refractivity contribution in [2.75, 3.05) is 26.3 Å². The minimum absolute atomic E-state index is 0.477. The average molecular weight is 525 g/mol. The van der Waals surface area contributed by atoms with Gasteiger partial charge in [-0.15, -0.1) is 0 Å². The van der Waals surface area contributed by atoms with Crippen LogP contribution >= 0.6 is 23.0 Å². The van der Waals surface area contributed by atoms with Crippen molar-refractivity contribution < 1.29 is 12.9 Å². The molecule has 0 saturated carbocycles. The molecule has 0 aliphatic rings. The second-order valence-corrected chi connectivity index (χ2v) is 8.31. The quantitative estimate of drug-likeness (QED) is 0.203. The maximum atomic E-state index is 10.3. The van der Waals surface area contributed by atoms with Crippen molar-refractivity contribution in [3.63, 3.8) is 0 Å². The molecular formula is C25H36INO3. The molecule has 2 aromatic carbocycles. The molecule has 0 radical (unpaired) electrons. The number of ether oxygens (including phenoxy) is 1. The van der Waals surface area contributed by atoms with Crippen LogP contribution in [0.15, 0.2) is 54.6 Å². The monoisotopic (exact) mass is 525 g/mol. The van der Waals surface area contributed by atoms with Gasteiger partial charge in [-0.3, -0.25) is 0 Å². The fraction of sp³-hybridized carbons (Fsp3) is 0.520. The highest BCUT2D eigenvalue weighted by Gasteiger charge is 2.07. The molecule has 0 fully saturated rings. The molecule has 2 N–H and O–H groups in total. The molecule has 0 aliphatic carbocycles. The Labute approximate surface area is 196 Å². The van der Waals surface area contributed by atoms with Crippen molar-refractivity contribution in [2.45, 2.75) is 57.7 Å². The van der Waals surface area contributed by atoms with E-state index in [1.165, 1.54) is 24.8 Å². The molecule has 1 unspecified atom stereocenters. The normalized spacial score (nSPS) is 12.2. The zero-order valence-electron chi connectivity index (χ0n) is 17.9. The maximum Gasteiger partial charge on any atom is 0.110 e. The number of hydrogen-bond acceptors (Lipinski definition) is 4. The fourth-order valence-electron chi connectivity index (χ4n) is 3.40. The first-order valence-electron chi connectivity index (χ1n) is 11.1. The molecule has 0 saturated heterocycles. The van der Waals surface area contributed by atoms with E-state index < -0.39 is 6.10 Å². The van der Waals surface area contributed by atoms with Gasteiger partial charge in [0.25, 0.3) is 0 Å². The molecule has 0 aromatic heterocycles. The number of unbranched alkanes of at least 4 members (excludes halogenated alkanes) is 4. The number of aliphatic hydroxyl groups is 1. The maximum absolute atomic E-state index is 10.3. The van der Waals surface area contributed by atoms with E-state index in [9.17, 15) is 5.11 Å². The summed E-state index contributed by atoms with van der Waals surface area (Å²) in [4.78, 5) is 0. The van der Waals surface area contributed by atoms with Crippen LogP contribution in [0.5, 0.6) is 0 Å². The summed E-state index contributed by atoms with van der Waals surface area (Å²) in [6.07, 6.45) is 7.65. The van der Waals surface area contributed by atoms with Gasteiger partial charge in [-0.1, -0.05) is 67.4 Å². The van der Waals surface area contributed by atoms with Gasteiger partial charge in [0.15, 0.2) is 0 Å². The molecule has 0 amide bonds. The van der Waals surface area contributed by atoms with E-state index in [1.807, 2.05) is 47.3 Å². The Hall–Kier alpha value is -0.990. The van der Waals surface area contributed by atoms with Crippen LogP contribution in [0.4, 0.5) is 0 Å². The van der Waals surface area contributed by atoms with E-state index in [1.54, 1.807) is 0 Å². The summed E-state index contributed by atoms with van der Waals surface area (Å²) in [5.41, 5.74) is 3.44. The van der Waals surface area contributed by atoms with Crippen LogP contribution in [0.3, 0.4) is 0 Å². The fourth-order valence-corrected chi connectivity index (χ4v) is 3.76. The second-order valence-electron chi connectivity index (χ2n) is 7.69. The van der Waals surface area contributed by atoms with Crippen LogP contribution in [-0.4, -0.2) is 31.4 Å². The zero-order valence-corrected chi connectivity index (χ0v) is 20.1. The lowest BCUT2D eigenvalue weighted by Crippen LogP contribution is -2.22. The Morgan fingerprint density at radius 2 is 1.57 bits per heavy atom. The highest BCUT2D eigenvalue weighted by molar-refractivity contribution is 14.1. The molecule has 0 spiro atoms. The minimum atomic E-state index is -0.477. The number of aryl methyl sites for hydroxylation is 1. The van der Waals surface area contributed by atoms with Crippen LogP contribution < -0.4 is 5.32 Å². The van der Waals surface area contributed by atoms with Crippen molar-refractivity contribution in [1.82, 2.24) is 5.32 Å². The highest BCUT2D eigenvalue weighted by atomic mass is 127. The van der Waals surface area contributed by atoms with Crippen molar-refractivity contribution in [1.29, 1.82) is 0 Å². The summed E-state index contributed by atoms with van der Waals surface area (Å²) in [5.74, 6) is 0. The van der Waals surface area contributed by atoms with Gasteiger partial charge in [-0.2, -0.15) is 0 Å². The largest absolute Gasteiger partial charge is 0.387 e. The number of benzene rings is 2. The molecule has 1 atom stereocenters. The summed E-state index contributed by atoms with van der Waals surface area (Å²) in [6, 6.07) is 18.6. The first-order valence-corrected chi connectivity index (χ1v) is 12.0. The first kappa shape index (κ1) is 25.3. The predicted octanol–water partition coefficient (Wildman–Crippen LogP) is 5.78. The second kappa shape index (κ2) is 16.7. The molecule has 5 heteroatoms. The number of hydrogen-bond donors (Lipinski definition) is 2. The number of aliphatic hydroxyl groups excluding tert-OH is 1. The lowest BCUT2D eigenvalue weighted by Gasteiger charge is -2.13. The summed E-state index contributed by atoms with van der Waals surface area (Å²) in [6.45, 7) is 3.83. The Bertz CT molecular complexity index is 668. The van der Waals surface area contributed by atoms with Gasteiger partial charge >= 0.3 is 0 Å². The van der Waals surface area contributed by atoms with E-state index in [0.29, 0.717) is 13.2 Å². The molecule has 4 nitrogen and oxygen atoms in total. The van der Waals surface area contributed by atoms with Crippen molar-refractivity contribution in [3.8, 4) is 0 Å². The summed E-state index contributed by atoms with van der Waals surface area (Å²) < 4.78 is 10.9. The molecule has 30 heavy (non-hydrogen) atoms. The van der Waals surface area contributed by atoms with Crippen LogP contribution in [0.2, 0.25) is 0 Å². The molecule has 166 valence electrons. The lowest BCUT2D eigenvalue weighted by atomic mass is 10.1. The molecule has 2 rings (SSSR count). The molecular weight excluding hydrogens is 489 g/mol. The van der Waals surface area contributed by atoms with Gasteiger partial charge in [0.1, 0.15) is 23.0 Å². The van der Waals surface area contributed by atoms with Gasteiger partial charge in [0, 0.05) is 19.8 Å². The van der Waals surface area contributed by atoms with Gasteiger partial charge in [0.2, 0.25) is 0 Å². The Morgan fingerprint density at radius 1 is 0.833 bits per heavy atom. The predicted molar refractivity (Wildman–Crippen MR) is 132 cm³/mol. The Balaban J connectivity index is 1.37. The molecule has 2 aromatic rings. The van der Waals surface area contributed by atoms with Gasteiger partial charge in [0.05, 0.1) is 12.7 Å². The third kappa shape index (κ3) is 11.4. The molecule has 0 bridgehead atoms. The van der Waals surface area contributed by atoms with Gasteiger partial charge in [-0.25, -0.2) is 0 Å². The Morgan fingerprint density at radius 3 is 2.37 bits per heavy atom. The van der Waals surface area contributed by atoms with Crippen LogP contribution in [0.25, 0.3) is 0 Å². The molecule has 0 aliphatic heterocycles. The first-order chi connectivity index (χ1) is 14.8. The van der Waals surface area contributed by atoms with E-state index in [-0.39, 0.29) is 0 Å². The van der Waals surface area contributed by atoms with E-state index in [4.69, 9.17) is 7.80 Å². The third-order valence-corrected chi connectivity index (χ3v) is 5.45. The summed E-state index contributed by atoms with van der Waals surface area (Å²) >= 11 is 1.89. The Kier molecular flexibility index (Phi) is 14.0. The van der Waals surface area contributed by atoms with Gasteiger partial charge < -0.3 is 18.2 Å². The zero-order chi connectivity index (χ0) is 21.3. The third-order valence-electron chi connectivity index (χ3n) is 5.13. The lowest BCUT2D eigenvalue weighted by molar-refractivity contribution is 0.126. The van der Waals surface area contributed by atoms with E-state index in [2.05, 4.69) is 35.6 Å². The van der Waals surface area contributed by atoms with E-state index >= 15 is 0 Å². The smallest absolute Gasteiger partial charge is 0.110 e. The number of nitrogens with one attached hydrogen (secondary N) is 1. The van der Waals surface area contributed by atoms with Crippen molar-refractivity contribution >= 4 is 23.0 Å². The highest BCUT2D eigenvalue weighted by Crippen LogP contribution is 2.15. The standard InChI is InChI=1S/C25H36INO3/c26-30-21-23-14-10-15-24(19-23)25(28)20-27-16-7-1-2-8-17-29-18-9-6-13-22-11-4-3-5-12-22/h3-5,10-12,14-15,19,25,27-28H,1-2,6-9,13,16-18,20-21H2. The SMILES string of the molecule is OC(CNCCCCCCOCCCCc1ccccc1)c1cccc(COI)c1. The van der Waals surface area contributed by atoms with Gasteiger partial charge in [-0.05, 0) is 55.3 Å². The molecule has 0 heterocycles. The van der Waals surface area contributed by atoms with Crippen molar-refractivity contribution in [3.05, 3.63) is 71.3 Å². The van der Waals surface area contributed by atoms with Crippen LogP contribution in [-0.2, 0) is 20.8 Å². The topological polar surface area (TPSA) is 50.7 Å². The van der Waals surface area contributed by atoms with Crippen molar-refractivity contribution in [2.24, 2.45) is 0 Å². The van der Waals surface area contributed by atoms with Crippen LogP contribution in [0, 0.1) is 0 Å². The summed E-state index contributed by atoms with van der Waals surface area (Å²) in [5, 5.41) is 13.7. The number of halogens is 1. The number of rotatable bonds is 17. The minimum Gasteiger partial charge on any atom is -0.387 e. The van der Waals surface area contributed by atoms with E-state index in [0.717, 1.165) is 56.6 Å².